The Kier molecular flexibility index (Phi) is 4.45. The standard InChI is InChI=1S/C16H16BrFO2/c1-9-7-8-12(16(20-3)10(9)2)15(19)11-5-4-6-13(17)14(11)18/h4-8,15,19H,1-3H3. The van der Waals surface area contributed by atoms with Gasteiger partial charge in [0.25, 0.3) is 0 Å². The molecular formula is C16H16BrFO2. The molecule has 2 nitrogen and oxygen atoms in total. The summed E-state index contributed by atoms with van der Waals surface area (Å²) in [5, 5.41) is 10.5. The number of rotatable bonds is 3. The first-order valence-electron chi connectivity index (χ1n) is 6.23. The van der Waals surface area contributed by atoms with E-state index in [-0.39, 0.29) is 5.56 Å². The van der Waals surface area contributed by atoms with E-state index in [1.807, 2.05) is 19.9 Å². The summed E-state index contributed by atoms with van der Waals surface area (Å²) < 4.78 is 19.8. The molecule has 4 heteroatoms. The van der Waals surface area contributed by atoms with Crippen LogP contribution >= 0.6 is 15.9 Å². The van der Waals surface area contributed by atoms with Crippen molar-refractivity contribution in [3.8, 4) is 5.75 Å². The Balaban J connectivity index is 2.56. The lowest BCUT2D eigenvalue weighted by atomic mass is 9.96. The number of benzene rings is 2. The fourth-order valence-corrected chi connectivity index (χ4v) is 2.58. The molecule has 2 aromatic rings. The second-order valence-electron chi connectivity index (χ2n) is 4.68. The van der Waals surface area contributed by atoms with Crippen LogP contribution in [0.2, 0.25) is 0 Å². The van der Waals surface area contributed by atoms with Gasteiger partial charge in [0.2, 0.25) is 0 Å². The zero-order valence-electron chi connectivity index (χ0n) is 11.6. The van der Waals surface area contributed by atoms with Crippen molar-refractivity contribution in [1.82, 2.24) is 0 Å². The summed E-state index contributed by atoms with van der Waals surface area (Å²) in [4.78, 5) is 0. The van der Waals surface area contributed by atoms with E-state index in [9.17, 15) is 9.50 Å². The minimum Gasteiger partial charge on any atom is -0.496 e. The largest absolute Gasteiger partial charge is 0.496 e. The number of aryl methyl sites for hydroxylation is 1. The van der Waals surface area contributed by atoms with Gasteiger partial charge in [-0.1, -0.05) is 24.3 Å². The molecular weight excluding hydrogens is 323 g/mol. The van der Waals surface area contributed by atoms with E-state index in [0.717, 1.165) is 11.1 Å². The van der Waals surface area contributed by atoms with E-state index in [1.165, 1.54) is 0 Å². The predicted molar refractivity (Wildman–Crippen MR) is 80.6 cm³/mol. The number of ether oxygens (including phenoxy) is 1. The van der Waals surface area contributed by atoms with Crippen molar-refractivity contribution in [2.75, 3.05) is 7.11 Å². The highest BCUT2D eigenvalue weighted by Gasteiger charge is 2.21. The summed E-state index contributed by atoms with van der Waals surface area (Å²) in [6.07, 6.45) is -1.07. The van der Waals surface area contributed by atoms with Gasteiger partial charge in [-0.25, -0.2) is 4.39 Å². The lowest BCUT2D eigenvalue weighted by Crippen LogP contribution is -2.06. The van der Waals surface area contributed by atoms with Crippen molar-refractivity contribution in [3.05, 3.63) is 62.9 Å². The van der Waals surface area contributed by atoms with Crippen molar-refractivity contribution in [2.45, 2.75) is 20.0 Å². The molecule has 0 saturated carbocycles. The van der Waals surface area contributed by atoms with Gasteiger partial charge in [-0.3, -0.25) is 0 Å². The van der Waals surface area contributed by atoms with Gasteiger partial charge in [-0.2, -0.15) is 0 Å². The quantitative estimate of drug-likeness (QED) is 0.904. The number of hydrogen-bond acceptors (Lipinski definition) is 2. The van der Waals surface area contributed by atoms with E-state index in [0.29, 0.717) is 15.8 Å². The average molecular weight is 339 g/mol. The van der Waals surface area contributed by atoms with Gasteiger partial charge in [-0.05, 0) is 47.0 Å². The highest BCUT2D eigenvalue weighted by Crippen LogP contribution is 2.36. The zero-order chi connectivity index (χ0) is 14.9. The Morgan fingerprint density at radius 3 is 2.50 bits per heavy atom. The number of methoxy groups -OCH3 is 1. The molecule has 2 rings (SSSR count). The number of aliphatic hydroxyl groups excluding tert-OH is 1. The molecule has 20 heavy (non-hydrogen) atoms. The van der Waals surface area contributed by atoms with Gasteiger partial charge in [0.1, 0.15) is 17.7 Å². The van der Waals surface area contributed by atoms with Gasteiger partial charge in [0, 0.05) is 11.1 Å². The second kappa shape index (κ2) is 5.94. The van der Waals surface area contributed by atoms with Crippen LogP contribution < -0.4 is 4.74 Å². The molecule has 0 bridgehead atoms. The topological polar surface area (TPSA) is 29.5 Å². The number of halogens is 2. The predicted octanol–water partition coefficient (Wildman–Crippen LogP) is 4.30. The van der Waals surface area contributed by atoms with Crippen molar-refractivity contribution in [2.24, 2.45) is 0 Å². The molecule has 0 saturated heterocycles. The molecule has 1 N–H and O–H groups in total. The van der Waals surface area contributed by atoms with Gasteiger partial charge >= 0.3 is 0 Å². The SMILES string of the molecule is COc1c(C(O)c2cccc(Br)c2F)ccc(C)c1C. The molecule has 1 unspecified atom stereocenters. The smallest absolute Gasteiger partial charge is 0.143 e. The normalized spacial score (nSPS) is 12.3. The van der Waals surface area contributed by atoms with Gasteiger partial charge in [0.15, 0.2) is 0 Å². The van der Waals surface area contributed by atoms with Crippen molar-refractivity contribution < 1.29 is 14.2 Å². The maximum atomic E-state index is 14.1. The summed E-state index contributed by atoms with van der Waals surface area (Å²) in [6.45, 7) is 3.88. The Morgan fingerprint density at radius 2 is 1.85 bits per heavy atom. The number of aliphatic hydroxyl groups is 1. The van der Waals surface area contributed by atoms with Crippen LogP contribution in [0.1, 0.15) is 28.4 Å². The highest BCUT2D eigenvalue weighted by molar-refractivity contribution is 9.10. The van der Waals surface area contributed by atoms with Crippen LogP contribution in [0.3, 0.4) is 0 Å². The van der Waals surface area contributed by atoms with Crippen LogP contribution in [0, 0.1) is 19.7 Å². The lowest BCUT2D eigenvalue weighted by molar-refractivity contribution is 0.209. The number of hydrogen-bond donors (Lipinski definition) is 1. The summed E-state index contributed by atoms with van der Waals surface area (Å²) >= 11 is 3.13. The fourth-order valence-electron chi connectivity index (χ4n) is 2.20. The van der Waals surface area contributed by atoms with Crippen LogP contribution in [0.25, 0.3) is 0 Å². The molecule has 0 aliphatic heterocycles. The van der Waals surface area contributed by atoms with Crippen molar-refractivity contribution in [3.63, 3.8) is 0 Å². The molecule has 0 aliphatic carbocycles. The molecule has 0 amide bonds. The van der Waals surface area contributed by atoms with Gasteiger partial charge in [-0.15, -0.1) is 0 Å². The van der Waals surface area contributed by atoms with Crippen LogP contribution in [0.4, 0.5) is 4.39 Å². The minimum atomic E-state index is -1.07. The molecule has 0 aromatic heterocycles. The van der Waals surface area contributed by atoms with E-state index >= 15 is 0 Å². The molecule has 0 fully saturated rings. The molecule has 0 heterocycles. The Labute approximate surface area is 126 Å². The second-order valence-corrected chi connectivity index (χ2v) is 5.53. The monoisotopic (exact) mass is 338 g/mol. The third-order valence-corrected chi connectivity index (χ3v) is 4.09. The zero-order valence-corrected chi connectivity index (χ0v) is 13.2. The van der Waals surface area contributed by atoms with Gasteiger partial charge in [0.05, 0.1) is 11.6 Å². The third-order valence-electron chi connectivity index (χ3n) is 3.48. The fraction of sp³-hybridized carbons (Fsp3) is 0.250. The summed E-state index contributed by atoms with van der Waals surface area (Å²) in [7, 11) is 1.55. The van der Waals surface area contributed by atoms with E-state index in [2.05, 4.69) is 15.9 Å². The molecule has 1 atom stereocenters. The van der Waals surface area contributed by atoms with Crippen LogP contribution in [0.5, 0.6) is 5.75 Å². The van der Waals surface area contributed by atoms with Crippen molar-refractivity contribution >= 4 is 15.9 Å². The molecule has 106 valence electrons. The Bertz CT molecular complexity index is 641. The molecule has 0 spiro atoms. The summed E-state index contributed by atoms with van der Waals surface area (Å²) in [5.41, 5.74) is 2.79. The van der Waals surface area contributed by atoms with Gasteiger partial charge < -0.3 is 9.84 Å². The Hall–Kier alpha value is -1.39. The summed E-state index contributed by atoms with van der Waals surface area (Å²) in [6, 6.07) is 8.53. The van der Waals surface area contributed by atoms with Crippen LogP contribution in [-0.4, -0.2) is 12.2 Å². The Morgan fingerprint density at radius 1 is 1.15 bits per heavy atom. The lowest BCUT2D eigenvalue weighted by Gasteiger charge is -2.19. The molecule has 0 aliphatic rings. The summed E-state index contributed by atoms with van der Waals surface area (Å²) in [5.74, 6) is 0.136. The molecule has 0 radical (unpaired) electrons. The van der Waals surface area contributed by atoms with E-state index in [1.54, 1.807) is 31.4 Å². The van der Waals surface area contributed by atoms with Crippen molar-refractivity contribution in [1.29, 1.82) is 0 Å². The van der Waals surface area contributed by atoms with E-state index < -0.39 is 11.9 Å². The first-order chi connectivity index (χ1) is 9.47. The maximum absolute atomic E-state index is 14.1. The first kappa shape index (κ1) is 15.0. The molecule has 2 aromatic carbocycles. The maximum Gasteiger partial charge on any atom is 0.143 e. The van der Waals surface area contributed by atoms with Crippen LogP contribution in [0.15, 0.2) is 34.8 Å². The first-order valence-corrected chi connectivity index (χ1v) is 7.02. The third kappa shape index (κ3) is 2.58. The van der Waals surface area contributed by atoms with Crippen LogP contribution in [-0.2, 0) is 0 Å². The van der Waals surface area contributed by atoms with E-state index in [4.69, 9.17) is 4.74 Å². The average Bonchev–Trinajstić information content (AvgIpc) is 2.44. The highest BCUT2D eigenvalue weighted by atomic mass is 79.9. The minimum absolute atomic E-state index is 0.223.